The van der Waals surface area contributed by atoms with Crippen LogP contribution >= 0.6 is 11.6 Å². The van der Waals surface area contributed by atoms with Crippen molar-refractivity contribution in [3.8, 4) is 0 Å². The van der Waals surface area contributed by atoms with Crippen molar-refractivity contribution < 1.29 is 17.9 Å². The Bertz CT molecular complexity index is 506. The number of carbonyl (C=O) groups excluding carboxylic acids is 1. The van der Waals surface area contributed by atoms with Crippen LogP contribution in [-0.2, 0) is 19.6 Å². The summed E-state index contributed by atoms with van der Waals surface area (Å²) in [4.78, 5) is 11.7. The summed E-state index contributed by atoms with van der Waals surface area (Å²) in [5.74, 6) is -0.982. The van der Waals surface area contributed by atoms with E-state index in [1.54, 1.807) is 34.6 Å². The summed E-state index contributed by atoms with van der Waals surface area (Å²) in [6.07, 6.45) is 1.54. The number of ether oxygens (including phenoxy) is 1. The van der Waals surface area contributed by atoms with Gasteiger partial charge >= 0.3 is 5.97 Å². The minimum Gasteiger partial charge on any atom is -0.466 e. The average Bonchev–Trinajstić information content (AvgIpc) is 2.34. The third-order valence-electron chi connectivity index (χ3n) is 3.12. The Morgan fingerprint density at radius 2 is 1.77 bits per heavy atom. The highest BCUT2D eigenvalue weighted by molar-refractivity contribution is 7.90. The maximum atomic E-state index is 12.3. The molecule has 0 aliphatic carbocycles. The van der Waals surface area contributed by atoms with Crippen LogP contribution in [0.25, 0.3) is 0 Å². The normalized spacial score (nSPS) is 16.5. The average molecular weight is 354 g/mol. The Morgan fingerprint density at radius 3 is 2.14 bits per heavy atom. The maximum absolute atomic E-state index is 12.3. The zero-order valence-corrected chi connectivity index (χ0v) is 16.0. The maximum Gasteiger partial charge on any atom is 0.312 e. The van der Waals surface area contributed by atoms with Gasteiger partial charge in [-0.2, -0.15) is 0 Å². The Morgan fingerprint density at radius 1 is 1.27 bits per heavy atom. The second-order valence-corrected chi connectivity index (χ2v) is 9.45. The fourth-order valence-electron chi connectivity index (χ4n) is 1.54. The molecule has 2 atom stereocenters. The first kappa shape index (κ1) is 21.4. The van der Waals surface area contributed by atoms with E-state index in [2.05, 4.69) is 4.72 Å². The molecule has 22 heavy (non-hydrogen) atoms. The first-order valence-corrected chi connectivity index (χ1v) is 9.25. The van der Waals surface area contributed by atoms with Crippen molar-refractivity contribution in [1.29, 1.82) is 0 Å². The fourth-order valence-corrected chi connectivity index (χ4v) is 3.19. The number of halogens is 1. The molecule has 0 spiro atoms. The minimum atomic E-state index is -3.54. The molecule has 0 aromatic rings. The quantitative estimate of drug-likeness (QED) is 0.714. The smallest absolute Gasteiger partial charge is 0.312 e. The van der Waals surface area contributed by atoms with Crippen LogP contribution in [-0.4, -0.2) is 31.8 Å². The molecule has 0 heterocycles. The monoisotopic (exact) mass is 353 g/mol. The molecule has 5 nitrogen and oxygen atoms in total. The van der Waals surface area contributed by atoms with Gasteiger partial charge in [0.25, 0.3) is 0 Å². The number of nitrogens with one attached hydrogen (secondary N) is 1. The van der Waals surface area contributed by atoms with Crippen LogP contribution in [0.2, 0.25) is 0 Å². The highest BCUT2D eigenvalue weighted by Gasteiger charge is 2.33. The van der Waals surface area contributed by atoms with Gasteiger partial charge in [0.05, 0.1) is 23.3 Å². The van der Waals surface area contributed by atoms with E-state index < -0.39 is 26.7 Å². The molecular formula is C15H28ClNO4S. The summed E-state index contributed by atoms with van der Waals surface area (Å²) in [6, 6.07) is -0.581. The van der Waals surface area contributed by atoms with E-state index in [0.29, 0.717) is 11.6 Å². The zero-order chi connectivity index (χ0) is 17.7. The third-order valence-corrected chi connectivity index (χ3v) is 5.66. The molecule has 0 aliphatic heterocycles. The lowest BCUT2D eigenvalue weighted by Gasteiger charge is -2.27. The Balaban J connectivity index is 5.32. The van der Waals surface area contributed by atoms with E-state index in [0.717, 1.165) is 0 Å². The SMILES string of the molecule is CCOC(=O)[C@@H](C)/C=C(/Cl)[C@@H](NS(=O)(=O)C(C)(C)C)C(C)C. The number of carbonyl (C=O) groups is 1. The highest BCUT2D eigenvalue weighted by atomic mass is 35.5. The van der Waals surface area contributed by atoms with Crippen molar-refractivity contribution in [2.24, 2.45) is 11.8 Å². The molecule has 1 N–H and O–H groups in total. The number of sulfonamides is 1. The summed E-state index contributed by atoms with van der Waals surface area (Å²) in [5, 5.41) is 0.295. The van der Waals surface area contributed by atoms with Crippen LogP contribution in [0.15, 0.2) is 11.1 Å². The van der Waals surface area contributed by atoms with Crippen LogP contribution in [0.5, 0.6) is 0 Å². The van der Waals surface area contributed by atoms with Gasteiger partial charge < -0.3 is 4.74 Å². The van der Waals surface area contributed by atoms with Crippen LogP contribution < -0.4 is 4.72 Å². The molecule has 0 bridgehead atoms. The largest absolute Gasteiger partial charge is 0.466 e. The molecule has 0 unspecified atom stereocenters. The van der Waals surface area contributed by atoms with Crippen molar-refractivity contribution in [2.75, 3.05) is 6.61 Å². The molecular weight excluding hydrogens is 326 g/mol. The molecule has 0 radical (unpaired) electrons. The number of hydrogen-bond acceptors (Lipinski definition) is 4. The van der Waals surface area contributed by atoms with Crippen LogP contribution in [0, 0.1) is 11.8 Å². The van der Waals surface area contributed by atoms with Crippen LogP contribution in [0.4, 0.5) is 0 Å². The summed E-state index contributed by atoms with van der Waals surface area (Å²) < 4.78 is 31.2. The third kappa shape index (κ3) is 6.26. The molecule has 0 rings (SSSR count). The summed E-state index contributed by atoms with van der Waals surface area (Å²) in [7, 11) is -3.54. The van der Waals surface area contributed by atoms with Gasteiger partial charge in [-0.05, 0) is 40.5 Å². The summed E-state index contributed by atoms with van der Waals surface area (Å²) in [6.45, 7) is 12.3. The standard InChI is InChI=1S/C15H28ClNO4S/c1-8-21-14(18)11(4)9-12(16)13(10(2)3)17-22(19,20)15(5,6)7/h9-11,13,17H,8H2,1-7H3/b12-9+/t11-,13-/m0/s1. The topological polar surface area (TPSA) is 72.5 Å². The van der Waals surface area contributed by atoms with Crippen molar-refractivity contribution in [2.45, 2.75) is 59.3 Å². The van der Waals surface area contributed by atoms with Crippen molar-refractivity contribution in [1.82, 2.24) is 4.72 Å². The van der Waals surface area contributed by atoms with E-state index >= 15 is 0 Å². The Labute approximate surface area is 139 Å². The molecule has 0 aromatic carbocycles. The number of rotatable bonds is 7. The second-order valence-electron chi connectivity index (χ2n) is 6.55. The molecule has 0 amide bonds. The number of esters is 1. The Kier molecular flexibility index (Phi) is 8.09. The predicted octanol–water partition coefficient (Wildman–Crippen LogP) is 3.05. The van der Waals surface area contributed by atoms with Crippen LogP contribution in [0.1, 0.15) is 48.5 Å². The van der Waals surface area contributed by atoms with Gasteiger partial charge in [-0.3, -0.25) is 4.79 Å². The van der Waals surface area contributed by atoms with Crippen molar-refractivity contribution >= 4 is 27.6 Å². The van der Waals surface area contributed by atoms with Gasteiger partial charge in [-0.15, -0.1) is 0 Å². The summed E-state index contributed by atoms with van der Waals surface area (Å²) in [5.41, 5.74) is 0. The van der Waals surface area contributed by atoms with E-state index in [1.165, 1.54) is 6.08 Å². The van der Waals surface area contributed by atoms with Gasteiger partial charge in [-0.1, -0.05) is 31.5 Å². The lowest BCUT2D eigenvalue weighted by atomic mass is 10.0. The molecule has 130 valence electrons. The minimum absolute atomic E-state index is 0.0599. The van der Waals surface area contributed by atoms with Crippen molar-refractivity contribution in [3.63, 3.8) is 0 Å². The van der Waals surface area contributed by atoms with E-state index in [4.69, 9.17) is 16.3 Å². The zero-order valence-electron chi connectivity index (χ0n) is 14.4. The van der Waals surface area contributed by atoms with E-state index in [-0.39, 0.29) is 11.9 Å². The molecule has 0 fully saturated rings. The van der Waals surface area contributed by atoms with Gasteiger partial charge in [0.15, 0.2) is 0 Å². The van der Waals surface area contributed by atoms with E-state index in [1.807, 2.05) is 13.8 Å². The van der Waals surface area contributed by atoms with Gasteiger partial charge in [0.2, 0.25) is 10.0 Å². The molecule has 0 aromatic heterocycles. The first-order valence-electron chi connectivity index (χ1n) is 7.39. The number of hydrogen-bond donors (Lipinski definition) is 1. The molecule has 0 saturated heterocycles. The lowest BCUT2D eigenvalue weighted by molar-refractivity contribution is -0.145. The highest BCUT2D eigenvalue weighted by Crippen LogP contribution is 2.23. The van der Waals surface area contributed by atoms with Crippen LogP contribution in [0.3, 0.4) is 0 Å². The lowest BCUT2D eigenvalue weighted by Crippen LogP contribution is -2.47. The van der Waals surface area contributed by atoms with Gasteiger partial charge in [0.1, 0.15) is 0 Å². The van der Waals surface area contributed by atoms with Crippen molar-refractivity contribution in [3.05, 3.63) is 11.1 Å². The summed E-state index contributed by atoms with van der Waals surface area (Å²) >= 11 is 6.26. The fraction of sp³-hybridized carbons (Fsp3) is 0.800. The first-order chi connectivity index (χ1) is 9.83. The molecule has 7 heteroatoms. The Hall–Kier alpha value is -0.590. The second kappa shape index (κ2) is 8.31. The predicted molar refractivity (Wildman–Crippen MR) is 90.2 cm³/mol. The van der Waals surface area contributed by atoms with E-state index in [9.17, 15) is 13.2 Å². The molecule has 0 aliphatic rings. The molecule has 0 saturated carbocycles. The van der Waals surface area contributed by atoms with Gasteiger partial charge in [-0.25, -0.2) is 13.1 Å². The van der Waals surface area contributed by atoms with Gasteiger partial charge in [0, 0.05) is 5.03 Å².